The van der Waals surface area contributed by atoms with Crippen LogP contribution in [0.1, 0.15) is 12.5 Å². The third-order valence-corrected chi connectivity index (χ3v) is 4.83. The fourth-order valence-electron chi connectivity index (χ4n) is 3.23. The lowest BCUT2D eigenvalue weighted by Crippen LogP contribution is -2.63. The van der Waals surface area contributed by atoms with E-state index in [0.29, 0.717) is 12.6 Å². The Morgan fingerprint density at radius 2 is 1.91 bits per heavy atom. The highest BCUT2D eigenvalue weighted by atomic mass is 35.5. The fourth-order valence-corrected chi connectivity index (χ4v) is 3.36. The van der Waals surface area contributed by atoms with E-state index in [1.54, 1.807) is 0 Å². The summed E-state index contributed by atoms with van der Waals surface area (Å²) in [6.07, 6.45) is 0. The van der Waals surface area contributed by atoms with E-state index in [-0.39, 0.29) is 0 Å². The number of aliphatic imine (C=N–C) groups is 1. The molecule has 0 radical (unpaired) electrons. The molecule has 3 saturated heterocycles. The third-order valence-electron chi connectivity index (χ3n) is 4.57. The molecule has 3 aliphatic heterocycles. The first-order chi connectivity index (χ1) is 11.2. The third kappa shape index (κ3) is 4.59. The van der Waals surface area contributed by atoms with E-state index in [9.17, 15) is 0 Å². The lowest BCUT2D eigenvalue weighted by molar-refractivity contribution is 0.0154. The van der Waals surface area contributed by atoms with Gasteiger partial charge in [0.2, 0.25) is 0 Å². The van der Waals surface area contributed by atoms with Gasteiger partial charge in [-0.25, -0.2) is 4.99 Å². The molecule has 2 N–H and O–H groups in total. The number of halogens is 1. The first kappa shape index (κ1) is 16.6. The highest BCUT2D eigenvalue weighted by Gasteiger charge is 2.31. The van der Waals surface area contributed by atoms with Crippen molar-refractivity contribution in [3.05, 3.63) is 34.9 Å². The largest absolute Gasteiger partial charge is 0.357 e. The Balaban J connectivity index is 1.53. The summed E-state index contributed by atoms with van der Waals surface area (Å²) < 4.78 is 0. The minimum Gasteiger partial charge on any atom is -0.357 e. The number of fused-ring (bicyclic) bond motifs is 3. The molecule has 1 aromatic carbocycles. The minimum atomic E-state index is 0.594. The van der Waals surface area contributed by atoms with E-state index in [2.05, 4.69) is 32.3 Å². The van der Waals surface area contributed by atoms with E-state index >= 15 is 0 Å². The van der Waals surface area contributed by atoms with Crippen molar-refractivity contribution in [1.29, 1.82) is 0 Å². The molecule has 5 nitrogen and oxygen atoms in total. The first-order valence-electron chi connectivity index (χ1n) is 8.47. The Kier molecular flexibility index (Phi) is 5.75. The number of guanidine groups is 1. The molecule has 1 aromatic rings. The topological polar surface area (TPSA) is 42.9 Å². The fraction of sp³-hybridized carbons (Fsp3) is 0.588. The lowest BCUT2D eigenvalue weighted by Gasteiger charge is -2.47. The summed E-state index contributed by atoms with van der Waals surface area (Å²) in [5.41, 5.74) is 1.16. The van der Waals surface area contributed by atoms with E-state index in [1.807, 2.05) is 24.3 Å². The zero-order valence-electron chi connectivity index (χ0n) is 13.8. The van der Waals surface area contributed by atoms with Crippen molar-refractivity contribution in [2.24, 2.45) is 4.99 Å². The van der Waals surface area contributed by atoms with Crippen molar-refractivity contribution >= 4 is 17.6 Å². The van der Waals surface area contributed by atoms with Crippen LogP contribution in [0.15, 0.2) is 29.3 Å². The summed E-state index contributed by atoms with van der Waals surface area (Å²) in [5, 5.41) is 7.59. The van der Waals surface area contributed by atoms with Crippen LogP contribution in [-0.2, 0) is 6.54 Å². The number of hydrogen-bond donors (Lipinski definition) is 2. The molecule has 0 aliphatic carbocycles. The quantitative estimate of drug-likeness (QED) is 0.630. The molecule has 2 bridgehead atoms. The second-order valence-electron chi connectivity index (χ2n) is 6.19. The van der Waals surface area contributed by atoms with Gasteiger partial charge in [-0.3, -0.25) is 9.80 Å². The number of hydrogen-bond acceptors (Lipinski definition) is 3. The molecule has 3 fully saturated rings. The highest BCUT2D eigenvalue weighted by molar-refractivity contribution is 6.30. The Morgan fingerprint density at radius 1 is 1.17 bits per heavy atom. The summed E-state index contributed by atoms with van der Waals surface area (Å²) in [5.74, 6) is 0.889. The van der Waals surface area contributed by atoms with Crippen LogP contribution in [0.4, 0.5) is 0 Å². The van der Waals surface area contributed by atoms with Crippen LogP contribution >= 0.6 is 11.6 Å². The van der Waals surface area contributed by atoms with Crippen molar-refractivity contribution in [2.75, 3.05) is 45.8 Å². The van der Waals surface area contributed by atoms with Gasteiger partial charge in [-0.05, 0) is 24.6 Å². The average Bonchev–Trinajstić information content (AvgIpc) is 2.60. The molecule has 1 unspecified atom stereocenters. The van der Waals surface area contributed by atoms with Crippen LogP contribution in [0, 0.1) is 0 Å². The Bertz CT molecular complexity index is 522. The molecule has 0 spiro atoms. The van der Waals surface area contributed by atoms with E-state index in [4.69, 9.17) is 11.6 Å². The van der Waals surface area contributed by atoms with Gasteiger partial charge in [0.05, 0.1) is 6.54 Å². The molecular formula is C17H26ClN5. The SMILES string of the molecule is CCNC(=NCc1ccc(Cl)cc1)NCC1CN2CCN1CC2. The van der Waals surface area contributed by atoms with Gasteiger partial charge in [0.25, 0.3) is 0 Å². The molecule has 23 heavy (non-hydrogen) atoms. The predicted molar refractivity (Wildman–Crippen MR) is 96.1 cm³/mol. The maximum atomic E-state index is 5.92. The van der Waals surface area contributed by atoms with Crippen molar-refractivity contribution in [1.82, 2.24) is 20.4 Å². The number of nitrogens with one attached hydrogen (secondary N) is 2. The van der Waals surface area contributed by atoms with Crippen LogP contribution in [0.3, 0.4) is 0 Å². The molecular weight excluding hydrogens is 310 g/mol. The average molecular weight is 336 g/mol. The second kappa shape index (κ2) is 7.99. The van der Waals surface area contributed by atoms with E-state index in [0.717, 1.165) is 29.6 Å². The first-order valence-corrected chi connectivity index (χ1v) is 8.85. The summed E-state index contributed by atoms with van der Waals surface area (Å²) in [7, 11) is 0. The van der Waals surface area contributed by atoms with Gasteiger partial charge >= 0.3 is 0 Å². The normalized spacial score (nSPS) is 27.0. The van der Waals surface area contributed by atoms with E-state index < -0.39 is 0 Å². The van der Waals surface area contributed by atoms with E-state index in [1.165, 1.54) is 32.7 Å². The van der Waals surface area contributed by atoms with Crippen LogP contribution in [0.5, 0.6) is 0 Å². The number of nitrogens with zero attached hydrogens (tertiary/aromatic N) is 3. The van der Waals surface area contributed by atoms with Crippen LogP contribution in [0.2, 0.25) is 5.02 Å². The second-order valence-corrected chi connectivity index (χ2v) is 6.63. The highest BCUT2D eigenvalue weighted by Crippen LogP contribution is 2.14. The number of benzene rings is 1. The van der Waals surface area contributed by atoms with Crippen LogP contribution in [0.25, 0.3) is 0 Å². The number of piperazine rings is 3. The Hall–Kier alpha value is -1.30. The molecule has 1 atom stereocenters. The zero-order chi connectivity index (χ0) is 16.1. The summed E-state index contributed by atoms with van der Waals surface area (Å²) >= 11 is 5.92. The van der Waals surface area contributed by atoms with Gasteiger partial charge in [0.1, 0.15) is 0 Å². The van der Waals surface area contributed by atoms with Gasteiger partial charge < -0.3 is 10.6 Å². The zero-order valence-corrected chi connectivity index (χ0v) is 14.5. The Labute approximate surface area is 143 Å². The molecule has 3 heterocycles. The molecule has 0 amide bonds. The summed E-state index contributed by atoms with van der Waals surface area (Å²) in [4.78, 5) is 9.83. The smallest absolute Gasteiger partial charge is 0.191 e. The molecule has 126 valence electrons. The summed E-state index contributed by atoms with van der Waals surface area (Å²) in [6.45, 7) is 10.6. The van der Waals surface area contributed by atoms with Gasteiger partial charge in [-0.2, -0.15) is 0 Å². The van der Waals surface area contributed by atoms with Gasteiger partial charge in [0.15, 0.2) is 5.96 Å². The van der Waals surface area contributed by atoms with Crippen LogP contribution < -0.4 is 10.6 Å². The standard InChI is InChI=1S/C17H26ClN5/c1-2-19-17(20-11-14-3-5-15(18)6-4-14)21-12-16-13-22-7-9-23(16)10-8-22/h3-6,16H,2,7-13H2,1H3,(H2,19,20,21). The van der Waals surface area contributed by atoms with Gasteiger partial charge in [0, 0.05) is 56.9 Å². The summed E-state index contributed by atoms with van der Waals surface area (Å²) in [6, 6.07) is 8.46. The molecule has 6 heteroatoms. The minimum absolute atomic E-state index is 0.594. The monoisotopic (exact) mass is 335 g/mol. The molecule has 3 aliphatic rings. The number of rotatable bonds is 5. The van der Waals surface area contributed by atoms with Gasteiger partial charge in [-0.15, -0.1) is 0 Å². The van der Waals surface area contributed by atoms with Crippen LogP contribution in [-0.4, -0.2) is 67.6 Å². The predicted octanol–water partition coefficient (Wildman–Crippen LogP) is 1.39. The maximum absolute atomic E-state index is 5.92. The van der Waals surface area contributed by atoms with Crippen molar-refractivity contribution in [2.45, 2.75) is 19.5 Å². The maximum Gasteiger partial charge on any atom is 0.191 e. The molecule has 0 saturated carbocycles. The molecule has 4 rings (SSSR count). The Morgan fingerprint density at radius 3 is 2.52 bits per heavy atom. The van der Waals surface area contributed by atoms with Crippen molar-refractivity contribution in [3.63, 3.8) is 0 Å². The molecule has 0 aromatic heterocycles. The lowest BCUT2D eigenvalue weighted by atomic mass is 10.1. The van der Waals surface area contributed by atoms with Gasteiger partial charge in [-0.1, -0.05) is 23.7 Å². The van der Waals surface area contributed by atoms with Crippen molar-refractivity contribution in [3.8, 4) is 0 Å². The van der Waals surface area contributed by atoms with Crippen molar-refractivity contribution < 1.29 is 0 Å².